The summed E-state index contributed by atoms with van der Waals surface area (Å²) in [4.78, 5) is 45.6. The molecule has 0 bridgehead atoms. The van der Waals surface area contributed by atoms with Crippen LogP contribution in [0.2, 0.25) is 0 Å². The summed E-state index contributed by atoms with van der Waals surface area (Å²) in [6.07, 6.45) is 3.86. The Morgan fingerprint density at radius 3 is 2.52 bits per heavy atom. The van der Waals surface area contributed by atoms with Crippen molar-refractivity contribution < 1.29 is 4.79 Å². The smallest absolute Gasteiger partial charge is 0.312 e. The van der Waals surface area contributed by atoms with Crippen molar-refractivity contribution in [3.63, 3.8) is 0 Å². The first kappa shape index (κ1) is 14.4. The number of hydrogen-bond donors (Lipinski definition) is 2. The summed E-state index contributed by atoms with van der Waals surface area (Å²) in [6.45, 7) is 6.94. The van der Waals surface area contributed by atoms with Gasteiger partial charge in [0.2, 0.25) is 0 Å². The van der Waals surface area contributed by atoms with Gasteiger partial charge in [-0.1, -0.05) is 6.58 Å². The molecule has 2 N–H and O–H groups in total. The number of rotatable bonds is 3. The zero-order chi connectivity index (χ0) is 15.6. The Morgan fingerprint density at radius 1 is 1.33 bits per heavy atom. The summed E-state index contributed by atoms with van der Waals surface area (Å²) >= 11 is 0. The number of amides is 1. The Hall–Kier alpha value is -3.03. The summed E-state index contributed by atoms with van der Waals surface area (Å²) in [6, 6.07) is 0. The van der Waals surface area contributed by atoms with E-state index in [4.69, 9.17) is 0 Å². The topological polar surface area (TPSA) is 110 Å². The predicted molar refractivity (Wildman–Crippen MR) is 76.5 cm³/mol. The van der Waals surface area contributed by atoms with Crippen molar-refractivity contribution in [3.8, 4) is 0 Å². The van der Waals surface area contributed by atoms with E-state index in [1.54, 1.807) is 6.92 Å². The molecular weight excluding hydrogens is 274 g/mol. The van der Waals surface area contributed by atoms with E-state index >= 15 is 0 Å². The highest BCUT2D eigenvalue weighted by Gasteiger charge is 2.11. The van der Waals surface area contributed by atoms with Crippen LogP contribution in [0.3, 0.4) is 0 Å². The lowest BCUT2D eigenvalue weighted by Crippen LogP contribution is -2.44. The van der Waals surface area contributed by atoms with Gasteiger partial charge in [-0.05, 0) is 19.4 Å². The summed E-state index contributed by atoms with van der Waals surface area (Å²) in [5.74, 6) is -0.251. The molecule has 0 saturated heterocycles. The van der Waals surface area contributed by atoms with Gasteiger partial charge in [0.05, 0.1) is 5.56 Å². The number of hydrogen-bond acceptors (Lipinski definition) is 5. The molecule has 0 spiro atoms. The number of nitrogens with zero attached hydrogens (tertiary/aromatic N) is 3. The van der Waals surface area contributed by atoms with Crippen molar-refractivity contribution in [2.45, 2.75) is 13.8 Å². The molecule has 2 aromatic rings. The second kappa shape index (κ2) is 5.53. The van der Waals surface area contributed by atoms with Crippen molar-refractivity contribution in [2.24, 2.45) is 0 Å². The first-order valence-corrected chi connectivity index (χ1v) is 6.01. The monoisotopic (exact) mass is 287 g/mol. The van der Waals surface area contributed by atoms with Crippen molar-refractivity contribution in [2.75, 3.05) is 5.43 Å². The average Bonchev–Trinajstić information content (AvgIpc) is 2.47. The Bertz CT molecular complexity index is 817. The van der Waals surface area contributed by atoms with Gasteiger partial charge in [0, 0.05) is 24.2 Å². The summed E-state index contributed by atoms with van der Waals surface area (Å²) < 4.78 is 0.602. The quantitative estimate of drug-likeness (QED) is 0.829. The Labute approximate surface area is 119 Å². The van der Waals surface area contributed by atoms with E-state index in [9.17, 15) is 14.4 Å². The van der Waals surface area contributed by atoms with E-state index in [1.165, 1.54) is 25.5 Å². The second-order valence-electron chi connectivity index (χ2n) is 4.43. The highest BCUT2D eigenvalue weighted by molar-refractivity contribution is 5.99. The van der Waals surface area contributed by atoms with E-state index < -0.39 is 17.2 Å². The minimum Gasteiger partial charge on any atom is -0.312 e. The van der Waals surface area contributed by atoms with Crippen LogP contribution in [0.25, 0.3) is 5.57 Å². The van der Waals surface area contributed by atoms with E-state index in [0.29, 0.717) is 21.6 Å². The molecular formula is C13H13N5O3. The normalized spacial score (nSPS) is 10.2. The number of carbonyl (C=O) groups is 1. The fourth-order valence-corrected chi connectivity index (χ4v) is 1.50. The summed E-state index contributed by atoms with van der Waals surface area (Å²) in [5.41, 5.74) is 1.93. The number of aromatic nitrogens is 4. The Kier molecular flexibility index (Phi) is 3.79. The SMILES string of the molecule is C=C(C)c1ncc(C(=O)Nn2c(=O)[nH]cc(C)c2=O)cn1. The maximum Gasteiger partial charge on any atom is 0.347 e. The minimum atomic E-state index is -0.738. The highest BCUT2D eigenvalue weighted by Crippen LogP contribution is 2.04. The lowest BCUT2D eigenvalue weighted by Gasteiger charge is -2.07. The van der Waals surface area contributed by atoms with Gasteiger partial charge in [-0.2, -0.15) is 4.68 Å². The van der Waals surface area contributed by atoms with Crippen LogP contribution < -0.4 is 16.7 Å². The molecule has 8 heteroatoms. The molecule has 0 radical (unpaired) electrons. The molecule has 1 amide bonds. The number of aromatic amines is 1. The Morgan fingerprint density at radius 2 is 1.95 bits per heavy atom. The van der Waals surface area contributed by atoms with Crippen molar-refractivity contribution in [3.05, 3.63) is 63.0 Å². The molecule has 0 aromatic carbocycles. The Balaban J connectivity index is 2.30. The van der Waals surface area contributed by atoms with Gasteiger partial charge in [-0.3, -0.25) is 15.0 Å². The molecule has 8 nitrogen and oxygen atoms in total. The lowest BCUT2D eigenvalue weighted by atomic mass is 10.3. The highest BCUT2D eigenvalue weighted by atomic mass is 16.2. The average molecular weight is 287 g/mol. The number of nitrogens with one attached hydrogen (secondary N) is 2. The van der Waals surface area contributed by atoms with Gasteiger partial charge in [-0.25, -0.2) is 14.8 Å². The van der Waals surface area contributed by atoms with Crippen molar-refractivity contribution >= 4 is 11.5 Å². The van der Waals surface area contributed by atoms with Crippen LogP contribution >= 0.6 is 0 Å². The van der Waals surface area contributed by atoms with Crippen LogP contribution in [0.5, 0.6) is 0 Å². The summed E-state index contributed by atoms with van der Waals surface area (Å²) in [7, 11) is 0. The number of carbonyl (C=O) groups excluding carboxylic acids is 1. The molecule has 2 aromatic heterocycles. The van der Waals surface area contributed by atoms with E-state index in [2.05, 4.69) is 27.0 Å². The van der Waals surface area contributed by atoms with Gasteiger partial charge in [0.15, 0.2) is 5.82 Å². The van der Waals surface area contributed by atoms with E-state index in [1.807, 2.05) is 0 Å². The van der Waals surface area contributed by atoms with Gasteiger partial charge < -0.3 is 4.98 Å². The van der Waals surface area contributed by atoms with Crippen molar-refractivity contribution in [1.82, 2.24) is 19.6 Å². The van der Waals surface area contributed by atoms with Gasteiger partial charge >= 0.3 is 5.69 Å². The number of allylic oxidation sites excluding steroid dienone is 1. The maximum absolute atomic E-state index is 12.0. The van der Waals surface area contributed by atoms with Gasteiger partial charge in [-0.15, -0.1) is 0 Å². The molecule has 0 saturated carbocycles. The van der Waals surface area contributed by atoms with Crippen LogP contribution in [-0.4, -0.2) is 25.5 Å². The second-order valence-corrected chi connectivity index (χ2v) is 4.43. The number of aryl methyl sites for hydroxylation is 1. The zero-order valence-electron chi connectivity index (χ0n) is 11.5. The first-order chi connectivity index (χ1) is 9.90. The lowest BCUT2D eigenvalue weighted by molar-refractivity contribution is 0.100. The van der Waals surface area contributed by atoms with Crippen LogP contribution in [0.4, 0.5) is 0 Å². The molecule has 0 fully saturated rings. The third-order valence-corrected chi connectivity index (χ3v) is 2.66. The minimum absolute atomic E-state index is 0.118. The molecule has 0 unspecified atom stereocenters. The predicted octanol–water partition coefficient (Wildman–Crippen LogP) is 0.0520. The molecule has 2 rings (SSSR count). The third-order valence-electron chi connectivity index (χ3n) is 2.66. The van der Waals surface area contributed by atoms with E-state index in [-0.39, 0.29) is 5.56 Å². The molecule has 0 aliphatic heterocycles. The summed E-state index contributed by atoms with van der Waals surface area (Å²) in [5, 5.41) is 0. The number of H-pyrrole nitrogens is 1. The van der Waals surface area contributed by atoms with Crippen molar-refractivity contribution in [1.29, 1.82) is 0 Å². The third kappa shape index (κ3) is 2.94. The van der Waals surface area contributed by atoms with Crippen LogP contribution in [0, 0.1) is 6.92 Å². The molecule has 21 heavy (non-hydrogen) atoms. The fourth-order valence-electron chi connectivity index (χ4n) is 1.50. The van der Waals surface area contributed by atoms with Gasteiger partial charge in [0.1, 0.15) is 0 Å². The molecule has 2 heterocycles. The molecule has 0 atom stereocenters. The molecule has 108 valence electrons. The fraction of sp³-hybridized carbons (Fsp3) is 0.154. The molecule has 0 aliphatic rings. The largest absolute Gasteiger partial charge is 0.347 e. The van der Waals surface area contributed by atoms with Gasteiger partial charge in [0.25, 0.3) is 11.5 Å². The first-order valence-electron chi connectivity index (χ1n) is 6.01. The standard InChI is InChI=1S/C13H13N5O3/c1-7(2)10-14-5-9(6-15-10)11(19)17-18-12(20)8(3)4-16-13(18)21/h4-6H,1H2,2-3H3,(H,16,21)(H,17,19). The van der Waals surface area contributed by atoms with E-state index in [0.717, 1.165) is 0 Å². The maximum atomic E-state index is 12.0. The van der Waals surface area contributed by atoms with Crippen LogP contribution in [0.1, 0.15) is 28.7 Å². The van der Waals surface area contributed by atoms with Crippen LogP contribution in [-0.2, 0) is 0 Å². The molecule has 0 aliphatic carbocycles. The zero-order valence-corrected chi connectivity index (χ0v) is 11.5. The van der Waals surface area contributed by atoms with Crippen LogP contribution in [0.15, 0.2) is 34.8 Å².